The summed E-state index contributed by atoms with van der Waals surface area (Å²) >= 11 is 0. The molecule has 2 aliphatic heterocycles. The van der Waals surface area contributed by atoms with Crippen molar-refractivity contribution < 1.29 is 9.53 Å². The first-order valence-corrected chi connectivity index (χ1v) is 8.83. The zero-order valence-electron chi connectivity index (χ0n) is 14.2. The molecule has 3 heterocycles. The van der Waals surface area contributed by atoms with E-state index in [0.717, 1.165) is 56.6 Å². The van der Waals surface area contributed by atoms with Gasteiger partial charge in [-0.2, -0.15) is 5.10 Å². The Morgan fingerprint density at radius 3 is 2.83 bits per heavy atom. The van der Waals surface area contributed by atoms with Crippen LogP contribution in [0.5, 0.6) is 0 Å². The van der Waals surface area contributed by atoms with Gasteiger partial charge in [-0.3, -0.25) is 5.10 Å². The van der Waals surface area contributed by atoms with Crippen LogP contribution in [-0.2, 0) is 4.74 Å². The number of amides is 2. The van der Waals surface area contributed by atoms with Crippen LogP contribution in [0.3, 0.4) is 0 Å². The van der Waals surface area contributed by atoms with Gasteiger partial charge in [-0.15, -0.1) is 0 Å². The summed E-state index contributed by atoms with van der Waals surface area (Å²) < 4.78 is 5.48. The topological polar surface area (TPSA) is 70.2 Å². The third-order valence-electron chi connectivity index (χ3n) is 5.02. The van der Waals surface area contributed by atoms with Gasteiger partial charge in [0.1, 0.15) is 0 Å². The SMILES string of the molecule is Cc1n[nH]c(C)c1[C@H]1CCCCCN1C(=O)N[C@@H]1CCCOC1. The average molecular weight is 320 g/mol. The van der Waals surface area contributed by atoms with Crippen molar-refractivity contribution in [1.82, 2.24) is 20.4 Å². The molecule has 6 heteroatoms. The van der Waals surface area contributed by atoms with Gasteiger partial charge in [0.25, 0.3) is 0 Å². The summed E-state index contributed by atoms with van der Waals surface area (Å²) in [7, 11) is 0. The van der Waals surface area contributed by atoms with Crippen molar-refractivity contribution >= 4 is 6.03 Å². The number of carbonyl (C=O) groups excluding carboxylic acids is 1. The van der Waals surface area contributed by atoms with Gasteiger partial charge in [0, 0.05) is 24.4 Å². The van der Waals surface area contributed by atoms with E-state index < -0.39 is 0 Å². The third kappa shape index (κ3) is 3.68. The Kier molecular flexibility index (Phi) is 5.20. The Morgan fingerprint density at radius 1 is 1.26 bits per heavy atom. The predicted octanol–water partition coefficient (Wildman–Crippen LogP) is 2.83. The first kappa shape index (κ1) is 16.3. The number of likely N-dealkylation sites (tertiary alicyclic amines) is 1. The molecule has 128 valence electrons. The lowest BCUT2D eigenvalue weighted by Gasteiger charge is -2.33. The fourth-order valence-electron chi connectivity index (χ4n) is 3.81. The maximum atomic E-state index is 12.9. The monoisotopic (exact) mass is 320 g/mol. The van der Waals surface area contributed by atoms with Gasteiger partial charge in [0.05, 0.1) is 24.4 Å². The lowest BCUT2D eigenvalue weighted by atomic mass is 9.99. The number of aromatic nitrogens is 2. The molecule has 2 amide bonds. The van der Waals surface area contributed by atoms with E-state index in [1.165, 1.54) is 12.0 Å². The van der Waals surface area contributed by atoms with Crippen molar-refractivity contribution in [3.05, 3.63) is 17.0 Å². The summed E-state index contributed by atoms with van der Waals surface area (Å²) in [5.41, 5.74) is 3.28. The molecule has 23 heavy (non-hydrogen) atoms. The summed E-state index contributed by atoms with van der Waals surface area (Å²) in [5, 5.41) is 10.6. The number of urea groups is 1. The van der Waals surface area contributed by atoms with Crippen LogP contribution in [0.25, 0.3) is 0 Å². The average Bonchev–Trinajstić information content (AvgIpc) is 2.76. The van der Waals surface area contributed by atoms with Crippen molar-refractivity contribution in [2.45, 2.75) is 64.5 Å². The molecular formula is C17H28N4O2. The maximum absolute atomic E-state index is 12.9. The number of carbonyl (C=O) groups is 1. The molecule has 2 saturated heterocycles. The van der Waals surface area contributed by atoms with Crippen molar-refractivity contribution in [2.75, 3.05) is 19.8 Å². The van der Waals surface area contributed by atoms with E-state index in [9.17, 15) is 4.79 Å². The number of rotatable bonds is 2. The molecule has 0 radical (unpaired) electrons. The lowest BCUT2D eigenvalue weighted by molar-refractivity contribution is 0.0693. The van der Waals surface area contributed by atoms with Crippen molar-refractivity contribution in [1.29, 1.82) is 0 Å². The fourth-order valence-corrected chi connectivity index (χ4v) is 3.81. The van der Waals surface area contributed by atoms with Gasteiger partial charge in [-0.1, -0.05) is 12.8 Å². The van der Waals surface area contributed by atoms with Gasteiger partial charge in [-0.05, 0) is 39.5 Å². The Labute approximate surface area is 138 Å². The summed E-state index contributed by atoms with van der Waals surface area (Å²) in [6.45, 7) is 6.33. The van der Waals surface area contributed by atoms with Crippen molar-refractivity contribution in [3.8, 4) is 0 Å². The zero-order valence-corrected chi connectivity index (χ0v) is 14.2. The van der Waals surface area contributed by atoms with Crippen LogP contribution in [-0.4, -0.2) is 46.9 Å². The number of nitrogens with one attached hydrogen (secondary N) is 2. The molecule has 2 atom stereocenters. The molecule has 0 bridgehead atoms. The first-order chi connectivity index (χ1) is 11.2. The minimum atomic E-state index is 0.0485. The highest BCUT2D eigenvalue weighted by Crippen LogP contribution is 2.33. The van der Waals surface area contributed by atoms with E-state index in [-0.39, 0.29) is 18.1 Å². The molecule has 2 N–H and O–H groups in total. The summed E-state index contributed by atoms with van der Waals surface area (Å²) in [4.78, 5) is 14.9. The highest BCUT2D eigenvalue weighted by Gasteiger charge is 2.31. The van der Waals surface area contributed by atoms with Gasteiger partial charge in [0.2, 0.25) is 0 Å². The summed E-state index contributed by atoms with van der Waals surface area (Å²) in [6, 6.07) is 0.319. The Hall–Kier alpha value is -1.56. The standard InChI is InChI=1S/C17H28N4O2/c1-12-16(13(2)20-19-12)15-8-4-3-5-9-21(15)17(22)18-14-7-6-10-23-11-14/h14-15H,3-11H2,1-2H3,(H,18,22)(H,19,20)/t14-,15-/m1/s1. The van der Waals surface area contributed by atoms with E-state index in [1.54, 1.807) is 0 Å². The molecule has 0 unspecified atom stereocenters. The first-order valence-electron chi connectivity index (χ1n) is 8.83. The minimum absolute atomic E-state index is 0.0485. The van der Waals surface area contributed by atoms with Crippen molar-refractivity contribution in [2.24, 2.45) is 0 Å². The minimum Gasteiger partial charge on any atom is -0.379 e. The normalized spacial score (nSPS) is 25.9. The number of aryl methyl sites for hydroxylation is 2. The molecule has 6 nitrogen and oxygen atoms in total. The smallest absolute Gasteiger partial charge is 0.318 e. The summed E-state index contributed by atoms with van der Waals surface area (Å²) in [5.74, 6) is 0. The molecule has 1 aromatic rings. The van der Waals surface area contributed by atoms with Gasteiger partial charge >= 0.3 is 6.03 Å². The largest absolute Gasteiger partial charge is 0.379 e. The highest BCUT2D eigenvalue weighted by atomic mass is 16.5. The predicted molar refractivity (Wildman–Crippen MR) is 88.3 cm³/mol. The van der Waals surface area contributed by atoms with E-state index in [0.29, 0.717) is 6.61 Å². The molecular weight excluding hydrogens is 292 g/mol. The van der Waals surface area contributed by atoms with Gasteiger partial charge in [-0.25, -0.2) is 4.79 Å². The second-order valence-corrected chi connectivity index (χ2v) is 6.77. The van der Waals surface area contributed by atoms with E-state index >= 15 is 0 Å². The second kappa shape index (κ2) is 7.34. The number of hydrogen-bond acceptors (Lipinski definition) is 3. The number of nitrogens with zero attached hydrogens (tertiary/aromatic N) is 2. The maximum Gasteiger partial charge on any atom is 0.318 e. The number of hydrogen-bond donors (Lipinski definition) is 2. The van der Waals surface area contributed by atoms with Gasteiger partial charge in [0.15, 0.2) is 0 Å². The van der Waals surface area contributed by atoms with Crippen LogP contribution in [0, 0.1) is 13.8 Å². The van der Waals surface area contributed by atoms with Crippen LogP contribution in [0.15, 0.2) is 0 Å². The number of ether oxygens (including phenoxy) is 1. The highest BCUT2D eigenvalue weighted by molar-refractivity contribution is 5.75. The van der Waals surface area contributed by atoms with E-state index in [2.05, 4.69) is 15.5 Å². The second-order valence-electron chi connectivity index (χ2n) is 6.77. The van der Waals surface area contributed by atoms with Crippen LogP contribution < -0.4 is 5.32 Å². The molecule has 3 rings (SSSR count). The molecule has 0 saturated carbocycles. The van der Waals surface area contributed by atoms with Gasteiger partial charge < -0.3 is 15.0 Å². The Balaban J connectivity index is 1.77. The zero-order chi connectivity index (χ0) is 16.2. The number of aromatic amines is 1. The quantitative estimate of drug-likeness (QED) is 0.880. The molecule has 2 fully saturated rings. The fraction of sp³-hybridized carbons (Fsp3) is 0.765. The van der Waals surface area contributed by atoms with E-state index in [4.69, 9.17) is 4.74 Å². The van der Waals surface area contributed by atoms with Crippen molar-refractivity contribution in [3.63, 3.8) is 0 Å². The van der Waals surface area contributed by atoms with Crippen LogP contribution >= 0.6 is 0 Å². The van der Waals surface area contributed by atoms with Crippen LogP contribution in [0.1, 0.15) is 61.5 Å². The Morgan fingerprint density at radius 2 is 2.13 bits per heavy atom. The van der Waals surface area contributed by atoms with E-state index in [1.807, 2.05) is 18.7 Å². The molecule has 0 aromatic carbocycles. The molecule has 0 aliphatic carbocycles. The lowest BCUT2D eigenvalue weighted by Crippen LogP contribution is -2.49. The third-order valence-corrected chi connectivity index (χ3v) is 5.02. The summed E-state index contributed by atoms with van der Waals surface area (Å²) in [6.07, 6.45) is 6.45. The van der Waals surface area contributed by atoms with Crippen LogP contribution in [0.2, 0.25) is 0 Å². The van der Waals surface area contributed by atoms with Crippen LogP contribution in [0.4, 0.5) is 4.79 Å². The molecule has 1 aromatic heterocycles. The molecule has 2 aliphatic rings. The number of H-pyrrole nitrogens is 1. The Bertz CT molecular complexity index is 517. The molecule has 0 spiro atoms.